The van der Waals surface area contributed by atoms with Crippen LogP contribution in [0.4, 0.5) is 5.69 Å². The molecule has 0 unspecified atom stereocenters. The minimum atomic E-state index is -3.39. The molecule has 0 aliphatic carbocycles. The lowest BCUT2D eigenvalue weighted by Gasteiger charge is -2.19. The zero-order chi connectivity index (χ0) is 14.4. The van der Waals surface area contributed by atoms with Crippen LogP contribution in [0.5, 0.6) is 0 Å². The summed E-state index contributed by atoms with van der Waals surface area (Å²) in [5.41, 5.74) is 0.987. The Kier molecular flexibility index (Phi) is 3.04. The molecule has 0 fully saturated rings. The van der Waals surface area contributed by atoms with Crippen molar-refractivity contribution in [3.05, 3.63) is 23.5 Å². The van der Waals surface area contributed by atoms with Crippen molar-refractivity contribution in [3.8, 4) is 0 Å². The smallest absolute Gasteiger partial charge is 0.339 e. The number of aromatic nitrogens is 1. The number of esters is 1. The van der Waals surface area contributed by atoms with Crippen LogP contribution >= 0.6 is 0 Å². The summed E-state index contributed by atoms with van der Waals surface area (Å²) < 4.78 is 29.5. The molecule has 0 spiro atoms. The van der Waals surface area contributed by atoms with E-state index >= 15 is 0 Å². The van der Waals surface area contributed by atoms with Gasteiger partial charge in [0.2, 0.25) is 10.0 Å². The summed E-state index contributed by atoms with van der Waals surface area (Å²) in [5.74, 6) is -0.534. The Morgan fingerprint density at radius 2 is 2.11 bits per heavy atom. The van der Waals surface area contributed by atoms with Crippen LogP contribution in [0.2, 0.25) is 0 Å². The normalized spacial score (nSPS) is 17.2. The number of sulfonamides is 1. The van der Waals surface area contributed by atoms with Gasteiger partial charge in [-0.2, -0.15) is 0 Å². The number of carbonyl (C=O) groups excluding carboxylic acids is 1. The van der Waals surface area contributed by atoms with Crippen molar-refractivity contribution in [2.75, 3.05) is 24.2 Å². The quantitative estimate of drug-likeness (QED) is 0.755. The average Bonchev–Trinajstić information content (AvgIpc) is 2.60. The summed E-state index contributed by atoms with van der Waals surface area (Å²) in [5, 5.41) is 0. The molecule has 2 heterocycles. The second-order valence-corrected chi connectivity index (χ2v) is 7.14. The number of fused-ring (bicyclic) bond motifs is 1. The van der Waals surface area contributed by atoms with E-state index in [9.17, 15) is 13.2 Å². The Morgan fingerprint density at radius 1 is 1.47 bits per heavy atom. The molecule has 0 amide bonds. The van der Waals surface area contributed by atoms with Crippen LogP contribution in [0.15, 0.2) is 12.3 Å². The third-order valence-electron chi connectivity index (χ3n) is 3.14. The molecule has 0 saturated carbocycles. The van der Waals surface area contributed by atoms with Crippen molar-refractivity contribution in [1.82, 2.24) is 4.98 Å². The van der Waals surface area contributed by atoms with Gasteiger partial charge < -0.3 is 4.74 Å². The van der Waals surface area contributed by atoms with Gasteiger partial charge in [0, 0.05) is 18.2 Å². The van der Waals surface area contributed by atoms with Crippen LogP contribution in [0.3, 0.4) is 0 Å². The minimum Gasteiger partial charge on any atom is -0.465 e. The van der Waals surface area contributed by atoms with Gasteiger partial charge in [0.05, 0.1) is 30.3 Å². The molecule has 1 aromatic rings. The predicted molar refractivity (Wildman–Crippen MR) is 70.8 cm³/mol. The molecule has 104 valence electrons. The molecule has 6 nitrogen and oxygen atoms in total. The Labute approximate surface area is 112 Å². The second kappa shape index (κ2) is 4.19. The number of anilines is 1. The molecule has 0 saturated heterocycles. The van der Waals surface area contributed by atoms with Crippen molar-refractivity contribution in [3.63, 3.8) is 0 Å². The van der Waals surface area contributed by atoms with Crippen molar-refractivity contribution in [2.45, 2.75) is 19.3 Å². The summed E-state index contributed by atoms with van der Waals surface area (Å²) in [4.78, 5) is 15.7. The number of nitrogens with zero attached hydrogens (tertiary/aromatic N) is 2. The van der Waals surface area contributed by atoms with Crippen LogP contribution in [0, 0.1) is 0 Å². The van der Waals surface area contributed by atoms with Crippen LogP contribution in [0.25, 0.3) is 0 Å². The number of rotatable bonds is 2. The number of hydrogen-bond acceptors (Lipinski definition) is 5. The van der Waals surface area contributed by atoms with Crippen LogP contribution in [0.1, 0.15) is 29.9 Å². The Balaban J connectivity index is 2.61. The number of methoxy groups -OCH3 is 1. The van der Waals surface area contributed by atoms with Gasteiger partial charge in [-0.1, -0.05) is 13.8 Å². The highest BCUT2D eigenvalue weighted by molar-refractivity contribution is 7.92. The van der Waals surface area contributed by atoms with E-state index in [1.54, 1.807) is 0 Å². The molecule has 2 rings (SSSR count). The third kappa shape index (κ3) is 2.30. The van der Waals surface area contributed by atoms with E-state index in [2.05, 4.69) is 9.72 Å². The molecular weight excluding hydrogens is 268 g/mol. The van der Waals surface area contributed by atoms with E-state index in [0.29, 0.717) is 17.9 Å². The van der Waals surface area contributed by atoms with E-state index in [1.165, 1.54) is 23.7 Å². The Morgan fingerprint density at radius 3 is 2.63 bits per heavy atom. The summed E-state index contributed by atoms with van der Waals surface area (Å²) in [7, 11) is -2.12. The van der Waals surface area contributed by atoms with Gasteiger partial charge in [-0.15, -0.1) is 0 Å². The third-order valence-corrected chi connectivity index (χ3v) is 4.26. The first-order valence-corrected chi connectivity index (χ1v) is 7.58. The number of carbonyl (C=O) groups is 1. The maximum atomic E-state index is 11.8. The summed E-state index contributed by atoms with van der Waals surface area (Å²) >= 11 is 0. The molecular formula is C12H16N2O4S. The largest absolute Gasteiger partial charge is 0.465 e. The molecule has 0 aromatic carbocycles. The zero-order valence-electron chi connectivity index (χ0n) is 11.3. The fourth-order valence-corrected chi connectivity index (χ4v) is 3.26. The van der Waals surface area contributed by atoms with Crippen molar-refractivity contribution in [2.24, 2.45) is 0 Å². The van der Waals surface area contributed by atoms with E-state index < -0.39 is 16.0 Å². The number of hydrogen-bond donors (Lipinski definition) is 0. The van der Waals surface area contributed by atoms with E-state index in [1.807, 2.05) is 13.8 Å². The predicted octanol–water partition coefficient (Wildman–Crippen LogP) is 0.925. The van der Waals surface area contributed by atoms with Crippen LogP contribution in [-0.4, -0.2) is 39.3 Å². The van der Waals surface area contributed by atoms with Crippen molar-refractivity contribution in [1.29, 1.82) is 0 Å². The first kappa shape index (κ1) is 13.8. The Hall–Kier alpha value is -1.63. The molecule has 0 radical (unpaired) electrons. The van der Waals surface area contributed by atoms with Gasteiger partial charge in [-0.25, -0.2) is 13.2 Å². The van der Waals surface area contributed by atoms with E-state index in [0.717, 1.165) is 6.26 Å². The highest BCUT2D eigenvalue weighted by Crippen LogP contribution is 2.40. The monoisotopic (exact) mass is 284 g/mol. The number of pyridine rings is 1. The van der Waals surface area contributed by atoms with Gasteiger partial charge >= 0.3 is 5.97 Å². The highest BCUT2D eigenvalue weighted by atomic mass is 32.2. The van der Waals surface area contributed by atoms with Crippen LogP contribution < -0.4 is 4.31 Å². The molecule has 0 bridgehead atoms. The molecule has 7 heteroatoms. The zero-order valence-corrected chi connectivity index (χ0v) is 12.1. The SMILES string of the molecule is COC(=O)c1cnc2c(c1)N(S(C)(=O)=O)CC2(C)C. The Bertz CT molecular complexity index is 637. The molecule has 1 aliphatic heterocycles. The first-order chi connectivity index (χ1) is 8.66. The summed E-state index contributed by atoms with van der Waals surface area (Å²) in [6.07, 6.45) is 2.56. The molecule has 0 N–H and O–H groups in total. The topological polar surface area (TPSA) is 76.6 Å². The first-order valence-electron chi connectivity index (χ1n) is 5.73. The van der Waals surface area contributed by atoms with Gasteiger partial charge in [0.25, 0.3) is 0 Å². The van der Waals surface area contributed by atoms with Gasteiger partial charge in [0.15, 0.2) is 0 Å². The fraction of sp³-hybridized carbons (Fsp3) is 0.500. The maximum Gasteiger partial charge on any atom is 0.339 e. The minimum absolute atomic E-state index is 0.243. The number of ether oxygens (including phenoxy) is 1. The maximum absolute atomic E-state index is 11.8. The highest BCUT2D eigenvalue weighted by Gasteiger charge is 2.40. The summed E-state index contributed by atoms with van der Waals surface area (Å²) in [6, 6.07) is 1.52. The van der Waals surface area contributed by atoms with Gasteiger partial charge in [0.1, 0.15) is 0 Å². The second-order valence-electron chi connectivity index (χ2n) is 5.24. The van der Waals surface area contributed by atoms with E-state index in [4.69, 9.17) is 0 Å². The lowest BCUT2D eigenvalue weighted by molar-refractivity contribution is 0.0600. The molecule has 0 atom stereocenters. The van der Waals surface area contributed by atoms with Crippen molar-refractivity contribution < 1.29 is 17.9 Å². The standard InChI is InChI=1S/C12H16N2O4S/c1-12(2)7-14(19(4,16)17)9-5-8(11(15)18-3)6-13-10(9)12/h5-6H,7H2,1-4H3. The summed E-state index contributed by atoms with van der Waals surface area (Å²) in [6.45, 7) is 4.16. The van der Waals surface area contributed by atoms with Crippen LogP contribution in [-0.2, 0) is 20.2 Å². The van der Waals surface area contributed by atoms with E-state index in [-0.39, 0.29) is 11.0 Å². The van der Waals surface area contributed by atoms with Gasteiger partial charge in [-0.05, 0) is 6.07 Å². The fourth-order valence-electron chi connectivity index (χ4n) is 2.21. The molecule has 19 heavy (non-hydrogen) atoms. The molecule has 1 aliphatic rings. The van der Waals surface area contributed by atoms with Gasteiger partial charge in [-0.3, -0.25) is 9.29 Å². The van der Waals surface area contributed by atoms with Crippen molar-refractivity contribution >= 4 is 21.7 Å². The lowest BCUT2D eigenvalue weighted by atomic mass is 9.91. The average molecular weight is 284 g/mol. The lowest BCUT2D eigenvalue weighted by Crippen LogP contribution is -2.33. The molecule has 1 aromatic heterocycles.